The van der Waals surface area contributed by atoms with E-state index in [1.165, 1.54) is 18.2 Å². The number of sulfonamides is 1. The van der Waals surface area contributed by atoms with Crippen LogP contribution in [-0.4, -0.2) is 58.2 Å². The van der Waals surface area contributed by atoms with Gasteiger partial charge in [0.25, 0.3) is 10.0 Å². The predicted octanol–water partition coefficient (Wildman–Crippen LogP) is 5.73. The van der Waals surface area contributed by atoms with Crippen molar-refractivity contribution in [3.05, 3.63) is 83.4 Å². The van der Waals surface area contributed by atoms with Crippen LogP contribution < -0.4 is 19.5 Å². The van der Waals surface area contributed by atoms with Crippen molar-refractivity contribution in [1.29, 1.82) is 0 Å². The molecule has 1 aliphatic rings. The summed E-state index contributed by atoms with van der Waals surface area (Å²) in [5.41, 5.74) is 2.90. The van der Waals surface area contributed by atoms with E-state index in [2.05, 4.69) is 43.8 Å². The van der Waals surface area contributed by atoms with Crippen molar-refractivity contribution in [3.63, 3.8) is 0 Å². The van der Waals surface area contributed by atoms with Crippen LogP contribution >= 0.6 is 0 Å². The van der Waals surface area contributed by atoms with E-state index in [9.17, 15) is 18.3 Å². The maximum atomic E-state index is 13.3. The van der Waals surface area contributed by atoms with Crippen LogP contribution in [0.5, 0.6) is 11.6 Å². The zero-order valence-electron chi connectivity index (χ0n) is 27.3. The summed E-state index contributed by atoms with van der Waals surface area (Å²) >= 11 is 0. The van der Waals surface area contributed by atoms with Gasteiger partial charge in [0.2, 0.25) is 11.8 Å². The van der Waals surface area contributed by atoms with E-state index in [1.54, 1.807) is 18.5 Å². The number of carbonyl (C=O) groups is 1. The van der Waals surface area contributed by atoms with Crippen LogP contribution in [0.4, 0.5) is 5.95 Å². The molecular formula is C34H40N6O6S. The largest absolute Gasteiger partial charge is 0.488 e. The second-order valence-electron chi connectivity index (χ2n) is 12.7. The molecule has 0 bridgehead atoms. The number of carboxylic acid groups (broad SMARTS) is 1. The zero-order chi connectivity index (χ0) is 33.9. The van der Waals surface area contributed by atoms with Crippen molar-refractivity contribution in [2.75, 3.05) is 11.3 Å². The molecule has 3 N–H and O–H groups in total. The van der Waals surface area contributed by atoms with E-state index >= 15 is 0 Å². The average Bonchev–Trinajstić information content (AvgIpc) is 3.00. The van der Waals surface area contributed by atoms with E-state index in [0.717, 1.165) is 35.6 Å². The fraction of sp³-hybridized carbons (Fsp3) is 0.382. The van der Waals surface area contributed by atoms with Crippen molar-refractivity contribution in [2.24, 2.45) is 5.41 Å². The normalized spacial score (nSPS) is 17.7. The number of hydrogen-bond donors (Lipinski definition) is 3. The third-order valence-electron chi connectivity index (χ3n) is 8.21. The number of aryl methyl sites for hydroxylation is 2. The van der Waals surface area contributed by atoms with Crippen LogP contribution in [0.15, 0.2) is 65.8 Å². The molecule has 248 valence electrons. The number of aromatic carboxylic acids is 1. The van der Waals surface area contributed by atoms with Gasteiger partial charge >= 0.3 is 5.97 Å². The van der Waals surface area contributed by atoms with Gasteiger partial charge in [-0.15, -0.1) is 0 Å². The fourth-order valence-electron chi connectivity index (χ4n) is 5.59. The Hall–Kier alpha value is -4.62. The summed E-state index contributed by atoms with van der Waals surface area (Å²) in [6, 6.07) is 12.4. The maximum absolute atomic E-state index is 13.3. The summed E-state index contributed by atoms with van der Waals surface area (Å²) in [7, 11) is -4.24. The number of piperidine rings is 1. The van der Waals surface area contributed by atoms with Crippen molar-refractivity contribution in [2.45, 2.75) is 77.5 Å². The Bertz CT molecular complexity index is 1840. The first-order valence-corrected chi connectivity index (χ1v) is 16.9. The molecule has 12 nitrogen and oxygen atoms in total. The van der Waals surface area contributed by atoms with Crippen LogP contribution in [-0.2, 0) is 10.0 Å². The van der Waals surface area contributed by atoms with Crippen LogP contribution in [0.2, 0.25) is 0 Å². The van der Waals surface area contributed by atoms with Crippen molar-refractivity contribution >= 4 is 21.9 Å². The maximum Gasteiger partial charge on any atom is 0.335 e. The number of nitrogens with one attached hydrogen (secondary N) is 2. The Morgan fingerprint density at radius 1 is 1.06 bits per heavy atom. The molecule has 13 heteroatoms. The third kappa shape index (κ3) is 8.03. The Labute approximate surface area is 275 Å². The molecular weight excluding hydrogens is 620 g/mol. The number of anilines is 1. The average molecular weight is 661 g/mol. The molecule has 0 spiro atoms. The van der Waals surface area contributed by atoms with Gasteiger partial charge in [-0.3, -0.25) is 0 Å². The van der Waals surface area contributed by atoms with E-state index in [0.29, 0.717) is 17.3 Å². The molecule has 2 unspecified atom stereocenters. The van der Waals surface area contributed by atoms with Gasteiger partial charge in [0.05, 0.1) is 40.7 Å². The molecule has 0 aliphatic carbocycles. The molecule has 1 aliphatic heterocycles. The minimum absolute atomic E-state index is 0.0237. The van der Waals surface area contributed by atoms with Gasteiger partial charge in [-0.05, 0) is 75.3 Å². The minimum Gasteiger partial charge on any atom is -0.488 e. The monoisotopic (exact) mass is 660 g/mol. The number of nitrogens with zero attached hydrogens (tertiary/aromatic N) is 4. The second-order valence-corrected chi connectivity index (χ2v) is 14.4. The summed E-state index contributed by atoms with van der Waals surface area (Å²) < 4.78 is 41.1. The first kappa shape index (κ1) is 33.7. The zero-order valence-corrected chi connectivity index (χ0v) is 28.1. The molecule has 2 aromatic heterocycles. The third-order valence-corrected chi connectivity index (χ3v) is 9.54. The number of hydrogen-bond acceptors (Lipinski definition) is 10. The molecule has 2 aromatic carbocycles. The number of benzene rings is 2. The Balaban J connectivity index is 1.42. The number of ether oxygens (including phenoxy) is 2. The highest BCUT2D eigenvalue weighted by Gasteiger charge is 2.38. The molecule has 47 heavy (non-hydrogen) atoms. The molecule has 0 radical (unpaired) electrons. The number of rotatable bonds is 11. The summed E-state index contributed by atoms with van der Waals surface area (Å²) in [6.45, 7) is 12.4. The molecule has 0 amide bonds. The van der Waals surface area contributed by atoms with Crippen molar-refractivity contribution < 1.29 is 27.8 Å². The lowest BCUT2D eigenvalue weighted by Crippen LogP contribution is -2.51. The van der Waals surface area contributed by atoms with Gasteiger partial charge in [0.1, 0.15) is 12.4 Å². The molecule has 0 saturated carbocycles. The first-order valence-electron chi connectivity index (χ1n) is 15.4. The Kier molecular flexibility index (Phi) is 9.78. The lowest BCUT2D eigenvalue weighted by molar-refractivity contribution is 0.0696. The molecule has 5 rings (SSSR count). The summed E-state index contributed by atoms with van der Waals surface area (Å²) in [5, 5.41) is 13.0. The van der Waals surface area contributed by atoms with Crippen LogP contribution in [0, 0.1) is 19.3 Å². The van der Waals surface area contributed by atoms with Crippen molar-refractivity contribution in [3.8, 4) is 22.9 Å². The first-order chi connectivity index (χ1) is 22.2. The Morgan fingerprint density at radius 2 is 1.74 bits per heavy atom. The van der Waals surface area contributed by atoms with Gasteiger partial charge < -0.3 is 19.9 Å². The quantitative estimate of drug-likeness (QED) is 0.180. The number of aromatic nitrogens is 4. The van der Waals surface area contributed by atoms with E-state index in [4.69, 9.17) is 9.47 Å². The van der Waals surface area contributed by atoms with Gasteiger partial charge in [-0.25, -0.2) is 32.9 Å². The highest BCUT2D eigenvalue weighted by atomic mass is 32.2. The summed E-state index contributed by atoms with van der Waals surface area (Å²) in [4.78, 5) is 29.3. The van der Waals surface area contributed by atoms with Crippen LogP contribution in [0.1, 0.15) is 73.9 Å². The molecule has 1 saturated heterocycles. The topological polar surface area (TPSA) is 166 Å². The lowest BCUT2D eigenvalue weighted by Gasteiger charge is -2.42. The SMILES string of the molecule is Cc1cccc(C)c1-c1cc(OCC2NC(c3ncc(OC(C)C)cn3)CCC2(C)C)nc(NS(=O)(=O)c2cccc(C(=O)O)c2)n1. The van der Waals surface area contributed by atoms with Crippen LogP contribution in [0.25, 0.3) is 11.3 Å². The highest BCUT2D eigenvalue weighted by Crippen LogP contribution is 2.37. The van der Waals surface area contributed by atoms with Gasteiger partial charge in [0.15, 0.2) is 5.75 Å². The molecule has 2 atom stereocenters. The molecule has 4 aromatic rings. The lowest BCUT2D eigenvalue weighted by atomic mass is 9.75. The van der Waals surface area contributed by atoms with Crippen LogP contribution in [0.3, 0.4) is 0 Å². The minimum atomic E-state index is -4.24. The standard InChI is InChI=1S/C34H40N6O6S/c1-20(2)46-24-17-35-31(36-18-24)26-13-14-34(5,6)28(37-26)19-45-29-16-27(30-21(3)9-7-10-22(30)4)38-33(39-29)40-47(43,44)25-12-8-11-23(15-25)32(41)42/h7-12,15-18,20,26,28,37H,13-14,19H2,1-6H3,(H,41,42)(H,38,39,40). The predicted molar refractivity (Wildman–Crippen MR) is 177 cm³/mol. The number of carboxylic acids is 1. The van der Waals surface area contributed by atoms with E-state index in [-0.39, 0.29) is 52.5 Å². The summed E-state index contributed by atoms with van der Waals surface area (Å²) in [5.74, 6) is 0.0256. The van der Waals surface area contributed by atoms with Gasteiger partial charge in [-0.2, -0.15) is 4.98 Å². The second kappa shape index (κ2) is 13.6. The van der Waals surface area contributed by atoms with Crippen molar-refractivity contribution in [1.82, 2.24) is 25.3 Å². The molecule has 3 heterocycles. The highest BCUT2D eigenvalue weighted by molar-refractivity contribution is 7.92. The fourth-order valence-corrected chi connectivity index (χ4v) is 6.58. The van der Waals surface area contributed by atoms with E-state index < -0.39 is 16.0 Å². The van der Waals surface area contributed by atoms with Gasteiger partial charge in [0, 0.05) is 17.7 Å². The smallest absolute Gasteiger partial charge is 0.335 e. The Morgan fingerprint density at radius 3 is 2.40 bits per heavy atom. The molecule has 1 fully saturated rings. The van der Waals surface area contributed by atoms with Gasteiger partial charge in [-0.1, -0.05) is 38.1 Å². The van der Waals surface area contributed by atoms with E-state index in [1.807, 2.05) is 45.9 Å². The summed E-state index contributed by atoms with van der Waals surface area (Å²) in [6.07, 6.45) is 5.13.